The van der Waals surface area contributed by atoms with Crippen LogP contribution in [0.1, 0.15) is 11.7 Å². The zero-order chi connectivity index (χ0) is 13.2. The molecule has 2 aromatic heterocycles. The third-order valence-electron chi connectivity index (χ3n) is 2.64. The van der Waals surface area contributed by atoms with Crippen LogP contribution < -0.4 is 11.1 Å². The number of aryl methyl sites for hydroxylation is 1. The Morgan fingerprint density at radius 2 is 2.21 bits per heavy atom. The first-order valence-corrected chi connectivity index (χ1v) is 5.75. The minimum atomic E-state index is 0.438. The summed E-state index contributed by atoms with van der Waals surface area (Å²) >= 11 is 0. The fourth-order valence-electron chi connectivity index (χ4n) is 1.79. The molecule has 1 aromatic carbocycles. The molecule has 0 spiro atoms. The molecule has 0 aliphatic rings. The summed E-state index contributed by atoms with van der Waals surface area (Å²) in [4.78, 5) is 12.5. The van der Waals surface area contributed by atoms with Crippen molar-refractivity contribution in [3.8, 4) is 0 Å². The van der Waals surface area contributed by atoms with Crippen LogP contribution >= 0.6 is 0 Å². The maximum Gasteiger partial charge on any atom is 0.223 e. The normalized spacial score (nSPS) is 10.8. The molecule has 7 nitrogen and oxygen atoms in total. The van der Waals surface area contributed by atoms with Gasteiger partial charge in [-0.1, -0.05) is 5.16 Å². The van der Waals surface area contributed by atoms with Crippen LogP contribution in [0.15, 0.2) is 29.0 Å². The monoisotopic (exact) mass is 256 g/mol. The van der Waals surface area contributed by atoms with Crippen LogP contribution in [-0.2, 0) is 6.54 Å². The molecule has 7 heteroatoms. The van der Waals surface area contributed by atoms with Gasteiger partial charge in [-0.15, -0.1) is 0 Å². The quantitative estimate of drug-likeness (QED) is 0.684. The van der Waals surface area contributed by atoms with Crippen LogP contribution in [0.4, 0.5) is 11.5 Å². The Labute approximate surface area is 108 Å². The maximum absolute atomic E-state index is 5.73. The lowest BCUT2D eigenvalue weighted by atomic mass is 10.2. The van der Waals surface area contributed by atoms with Crippen molar-refractivity contribution in [2.75, 3.05) is 11.1 Å². The van der Waals surface area contributed by atoms with Crippen molar-refractivity contribution < 1.29 is 4.52 Å². The highest BCUT2D eigenvalue weighted by Gasteiger charge is 2.06. The van der Waals surface area contributed by atoms with Gasteiger partial charge in [-0.25, -0.2) is 9.97 Å². The van der Waals surface area contributed by atoms with Gasteiger partial charge in [0.15, 0.2) is 5.82 Å². The summed E-state index contributed by atoms with van der Waals surface area (Å²) in [5.74, 6) is 1.84. The van der Waals surface area contributed by atoms with Gasteiger partial charge in [-0.05, 0) is 18.2 Å². The summed E-state index contributed by atoms with van der Waals surface area (Å²) in [6.45, 7) is 2.19. The van der Waals surface area contributed by atoms with E-state index in [4.69, 9.17) is 10.3 Å². The van der Waals surface area contributed by atoms with Gasteiger partial charge in [0.2, 0.25) is 5.89 Å². The van der Waals surface area contributed by atoms with E-state index in [0.717, 1.165) is 10.9 Å². The van der Waals surface area contributed by atoms with Gasteiger partial charge in [0, 0.05) is 18.0 Å². The number of anilines is 2. The average molecular weight is 256 g/mol. The molecule has 0 amide bonds. The predicted octanol–water partition coefficient (Wildman–Crippen LogP) is 1.52. The van der Waals surface area contributed by atoms with Crippen molar-refractivity contribution in [3.63, 3.8) is 0 Å². The summed E-state index contributed by atoms with van der Waals surface area (Å²) in [5, 5.41) is 7.87. The molecule has 0 saturated carbocycles. The molecular weight excluding hydrogens is 244 g/mol. The molecule has 0 saturated heterocycles. The van der Waals surface area contributed by atoms with Gasteiger partial charge in [0.05, 0.1) is 12.1 Å². The third-order valence-corrected chi connectivity index (χ3v) is 2.64. The van der Waals surface area contributed by atoms with E-state index in [1.54, 1.807) is 13.0 Å². The lowest BCUT2D eigenvalue weighted by Crippen LogP contribution is -2.04. The number of hydrogen-bond acceptors (Lipinski definition) is 7. The van der Waals surface area contributed by atoms with Gasteiger partial charge >= 0.3 is 0 Å². The molecule has 0 fully saturated rings. The molecule has 0 unspecified atom stereocenters. The Balaban J connectivity index is 1.88. The minimum Gasteiger partial charge on any atom is -0.399 e. The van der Waals surface area contributed by atoms with E-state index in [0.29, 0.717) is 29.8 Å². The van der Waals surface area contributed by atoms with Crippen molar-refractivity contribution >= 4 is 22.4 Å². The summed E-state index contributed by atoms with van der Waals surface area (Å²) in [7, 11) is 0. The molecule has 3 rings (SSSR count). The smallest absolute Gasteiger partial charge is 0.223 e. The molecule has 0 atom stereocenters. The lowest BCUT2D eigenvalue weighted by Gasteiger charge is -2.06. The van der Waals surface area contributed by atoms with Crippen molar-refractivity contribution in [3.05, 3.63) is 36.2 Å². The molecule has 2 heterocycles. The highest BCUT2D eigenvalue weighted by Crippen LogP contribution is 2.21. The number of fused-ring (bicyclic) bond motifs is 1. The lowest BCUT2D eigenvalue weighted by molar-refractivity contribution is 0.388. The first kappa shape index (κ1) is 11.4. The Hall–Kier alpha value is -2.70. The summed E-state index contributed by atoms with van der Waals surface area (Å²) in [6, 6.07) is 5.50. The first-order valence-electron chi connectivity index (χ1n) is 5.75. The third kappa shape index (κ3) is 2.30. The van der Waals surface area contributed by atoms with Gasteiger partial charge in [0.1, 0.15) is 12.1 Å². The fraction of sp³-hybridized carbons (Fsp3) is 0.167. The predicted molar refractivity (Wildman–Crippen MR) is 70.3 cm³/mol. The highest BCUT2D eigenvalue weighted by atomic mass is 16.5. The van der Waals surface area contributed by atoms with Crippen LogP contribution in [-0.4, -0.2) is 20.1 Å². The second-order valence-electron chi connectivity index (χ2n) is 4.08. The topological polar surface area (TPSA) is 103 Å². The number of aromatic nitrogens is 4. The average Bonchev–Trinajstić information content (AvgIpc) is 2.81. The Bertz CT molecular complexity index is 723. The molecule has 0 aliphatic carbocycles. The van der Waals surface area contributed by atoms with Crippen LogP contribution in [0, 0.1) is 6.92 Å². The van der Waals surface area contributed by atoms with E-state index in [9.17, 15) is 0 Å². The van der Waals surface area contributed by atoms with E-state index in [-0.39, 0.29) is 0 Å². The summed E-state index contributed by atoms with van der Waals surface area (Å²) in [6.07, 6.45) is 1.49. The molecule has 3 aromatic rings. The van der Waals surface area contributed by atoms with E-state index < -0.39 is 0 Å². The largest absolute Gasteiger partial charge is 0.399 e. The van der Waals surface area contributed by atoms with E-state index in [2.05, 4.69) is 25.4 Å². The zero-order valence-corrected chi connectivity index (χ0v) is 10.3. The molecule has 0 radical (unpaired) electrons. The number of nitrogens with one attached hydrogen (secondary N) is 1. The molecule has 19 heavy (non-hydrogen) atoms. The van der Waals surface area contributed by atoms with Crippen LogP contribution in [0.3, 0.4) is 0 Å². The number of nitrogen functional groups attached to an aromatic ring is 1. The number of benzene rings is 1. The fourth-order valence-corrected chi connectivity index (χ4v) is 1.79. The van der Waals surface area contributed by atoms with Gasteiger partial charge in [-0.2, -0.15) is 4.98 Å². The number of nitrogens with two attached hydrogens (primary N) is 1. The summed E-state index contributed by atoms with van der Waals surface area (Å²) in [5.41, 5.74) is 7.19. The first-order chi connectivity index (χ1) is 9.22. The van der Waals surface area contributed by atoms with Gasteiger partial charge < -0.3 is 15.6 Å². The van der Waals surface area contributed by atoms with Gasteiger partial charge in [0.25, 0.3) is 0 Å². The number of hydrogen-bond donors (Lipinski definition) is 2. The Morgan fingerprint density at radius 1 is 1.32 bits per heavy atom. The van der Waals surface area contributed by atoms with Crippen LogP contribution in [0.5, 0.6) is 0 Å². The Kier molecular flexibility index (Phi) is 2.71. The standard InChI is InChI=1S/C12H12N6O/c1-7-17-11(18-19-7)5-14-12-9-3-2-8(13)4-10(9)15-6-16-12/h2-4,6H,5,13H2,1H3,(H,14,15,16). The van der Waals surface area contributed by atoms with Crippen molar-refractivity contribution in [1.82, 2.24) is 20.1 Å². The zero-order valence-electron chi connectivity index (χ0n) is 10.3. The van der Waals surface area contributed by atoms with E-state index >= 15 is 0 Å². The SMILES string of the molecule is Cc1nc(CNc2ncnc3cc(N)ccc23)no1. The highest BCUT2D eigenvalue weighted by molar-refractivity contribution is 5.90. The maximum atomic E-state index is 5.73. The van der Waals surface area contributed by atoms with Crippen LogP contribution in [0.25, 0.3) is 10.9 Å². The van der Waals surface area contributed by atoms with E-state index in [1.165, 1.54) is 6.33 Å². The molecule has 3 N–H and O–H groups in total. The van der Waals surface area contributed by atoms with Crippen molar-refractivity contribution in [2.24, 2.45) is 0 Å². The van der Waals surface area contributed by atoms with Crippen molar-refractivity contribution in [2.45, 2.75) is 13.5 Å². The number of nitrogens with zero attached hydrogens (tertiary/aromatic N) is 4. The summed E-state index contributed by atoms with van der Waals surface area (Å²) < 4.78 is 4.91. The second kappa shape index (κ2) is 4.52. The van der Waals surface area contributed by atoms with E-state index in [1.807, 2.05) is 12.1 Å². The molecular formula is C12H12N6O. The molecule has 0 bridgehead atoms. The molecule has 96 valence electrons. The number of rotatable bonds is 3. The van der Waals surface area contributed by atoms with Crippen molar-refractivity contribution in [1.29, 1.82) is 0 Å². The Morgan fingerprint density at radius 3 is 3.00 bits per heavy atom. The van der Waals surface area contributed by atoms with Crippen LogP contribution in [0.2, 0.25) is 0 Å². The van der Waals surface area contributed by atoms with Gasteiger partial charge in [-0.3, -0.25) is 0 Å². The molecule has 0 aliphatic heterocycles. The second-order valence-corrected chi connectivity index (χ2v) is 4.08. The minimum absolute atomic E-state index is 0.438.